The van der Waals surface area contributed by atoms with Gasteiger partial charge in [0.1, 0.15) is 5.59 Å². The average molecular weight is 437 g/mol. The van der Waals surface area contributed by atoms with Crippen LogP contribution < -0.4 is 5.59 Å². The van der Waals surface area contributed by atoms with E-state index < -0.39 is 7.25 Å². The van der Waals surface area contributed by atoms with Crippen LogP contribution in [0.2, 0.25) is 0 Å². The first-order valence-electron chi connectivity index (χ1n) is 6.37. The smallest absolute Gasteiger partial charge is 0.120 e. The molecule has 0 amide bonds. The van der Waals surface area contributed by atoms with Gasteiger partial charge >= 0.3 is 39.6 Å². The summed E-state index contributed by atoms with van der Waals surface area (Å²) in [7, 11) is -6.00. The van der Waals surface area contributed by atoms with Crippen LogP contribution in [-0.4, -0.2) is 7.25 Å². The molecule has 0 spiro atoms. The number of hydrogen-bond donors (Lipinski definition) is 0. The van der Waals surface area contributed by atoms with E-state index in [1.54, 1.807) is 0 Å². The van der Waals surface area contributed by atoms with Gasteiger partial charge in [-0.25, -0.2) is 0 Å². The molecule has 0 saturated heterocycles. The third-order valence-electron chi connectivity index (χ3n) is 1.84. The zero-order chi connectivity index (χ0) is 19.3. The van der Waals surface area contributed by atoms with Crippen LogP contribution in [0.15, 0.2) is 30.3 Å². The van der Waals surface area contributed by atoms with Crippen LogP contribution >= 0.6 is 0 Å². The minimum atomic E-state index is -6.00. The minimum absolute atomic E-state index is 0. The maximum atomic E-state index is 9.75. The first-order valence-corrected chi connectivity index (χ1v) is 6.37. The second-order valence-electron chi connectivity index (χ2n) is 3.56. The molecule has 1 saturated carbocycles. The fraction of sp³-hybridized carbons (Fsp3) is 0.0625. The van der Waals surface area contributed by atoms with E-state index in [9.17, 15) is 17.3 Å². The molecule has 3 nitrogen and oxygen atoms in total. The molecule has 132 valence electrons. The Hall–Kier alpha value is -0.967. The summed E-state index contributed by atoms with van der Waals surface area (Å²) >= 11 is 0. The van der Waals surface area contributed by atoms with Gasteiger partial charge in [0.2, 0.25) is 0 Å². The number of nitroso groups, excluding NO2 is 1. The first-order chi connectivity index (χ1) is 11.4. The van der Waals surface area contributed by atoms with Crippen molar-refractivity contribution in [1.29, 1.82) is 0 Å². The van der Waals surface area contributed by atoms with Gasteiger partial charge in [-0.15, -0.1) is 4.91 Å². The number of benzene rings is 1. The number of rotatable bonds is 3. The quantitative estimate of drug-likeness (QED) is 0.298. The third-order valence-corrected chi connectivity index (χ3v) is 1.84. The van der Waals surface area contributed by atoms with E-state index in [-0.39, 0.29) is 21.1 Å². The number of unbranched alkanes of at least 4 members (excludes halogenated alkanes) is 1. The molecule has 1 aliphatic rings. The van der Waals surface area contributed by atoms with Gasteiger partial charge in [0.15, 0.2) is 0 Å². The minimum Gasteiger partial charge on any atom is -0.120 e. The monoisotopic (exact) mass is 439 g/mol. The van der Waals surface area contributed by atoms with Crippen LogP contribution in [-0.2, 0) is 25.7 Å². The summed E-state index contributed by atoms with van der Waals surface area (Å²) in [5.74, 6) is 0. The number of nitrogens with zero attached hydrogens (tertiary/aromatic N) is 1. The van der Waals surface area contributed by atoms with Crippen molar-refractivity contribution in [3.05, 3.63) is 98.8 Å². The Kier molecular flexibility index (Phi) is 32.1. The van der Waals surface area contributed by atoms with Crippen molar-refractivity contribution in [2.24, 2.45) is 0 Å². The van der Waals surface area contributed by atoms with Crippen molar-refractivity contribution < 1.29 is 43.0 Å². The van der Waals surface area contributed by atoms with E-state index in [1.807, 2.05) is 70.1 Å². The van der Waals surface area contributed by atoms with E-state index in [0.29, 0.717) is 0 Å². The molecule has 1 fully saturated rings. The molecule has 0 N–H and O–H groups in total. The first kappa shape index (κ1) is 31.8. The number of hydrogen-bond acceptors (Lipinski definition) is 1. The van der Waals surface area contributed by atoms with Crippen molar-refractivity contribution >= 4 is 7.25 Å². The van der Waals surface area contributed by atoms with Gasteiger partial charge in [-0.3, -0.25) is 0 Å². The molecule has 1 aromatic carbocycles. The summed E-state index contributed by atoms with van der Waals surface area (Å²) in [6.45, 7) is 6.51. The van der Waals surface area contributed by atoms with E-state index in [0.717, 1.165) is 0 Å². The summed E-state index contributed by atoms with van der Waals surface area (Å²) in [5, 5.41) is 0. The maximum absolute atomic E-state index is 9.75. The Labute approximate surface area is 161 Å². The molecular formula is C16H16BF4MoNO2+2. The molecule has 0 heterocycles. The van der Waals surface area contributed by atoms with E-state index in [4.69, 9.17) is 15.2 Å². The van der Waals surface area contributed by atoms with Crippen molar-refractivity contribution in [3.8, 4) is 0 Å². The molecule has 10 radical (unpaired) electrons. The molecule has 0 bridgehead atoms. The van der Waals surface area contributed by atoms with Gasteiger partial charge in [0.05, 0.1) is 0 Å². The molecule has 0 unspecified atom stereocenters. The molecule has 25 heavy (non-hydrogen) atoms. The Bertz CT molecular complexity index is 364. The van der Waals surface area contributed by atoms with Gasteiger partial charge in [-0.2, -0.15) is 0 Å². The van der Waals surface area contributed by atoms with Gasteiger partial charge in [0, 0.05) is 0 Å². The van der Waals surface area contributed by atoms with Crippen LogP contribution in [0.3, 0.4) is 0 Å². The zero-order valence-corrected chi connectivity index (χ0v) is 15.3. The second-order valence-corrected chi connectivity index (χ2v) is 3.56. The standard InChI is InChI=1S/C10H11.C5H5.CO.BF4.Mo.NO/c1-2-3-7-10-8-5-4-6-9-10;1-2-4-5-3-1;1-2;2-1(3,4)5;;1-2/h2-9H,1H3;1-5H;;;;/q;;;-1;+3;. The summed E-state index contributed by atoms with van der Waals surface area (Å²) in [6, 6.07) is 10.3. The van der Waals surface area contributed by atoms with Crippen LogP contribution in [0.5, 0.6) is 0 Å². The Morgan fingerprint density at radius 1 is 0.920 bits per heavy atom. The van der Waals surface area contributed by atoms with Gasteiger partial charge < -0.3 is 17.3 Å². The predicted octanol–water partition coefficient (Wildman–Crippen LogP) is 4.50. The Morgan fingerprint density at radius 3 is 1.52 bits per heavy atom. The second kappa shape index (κ2) is 25.3. The van der Waals surface area contributed by atoms with Crippen molar-refractivity contribution in [3.63, 3.8) is 0 Å². The summed E-state index contributed by atoms with van der Waals surface area (Å²) in [5.41, 5.74) is 7.00. The largest absolute Gasteiger partial charge is 3.00 e. The Balaban J connectivity index is -0.000000126. The summed E-state index contributed by atoms with van der Waals surface area (Å²) in [4.78, 5) is 7.25. The van der Waals surface area contributed by atoms with E-state index in [1.165, 1.54) is 5.56 Å². The molecule has 0 aromatic heterocycles. The maximum Gasteiger partial charge on any atom is 3.00 e. The fourth-order valence-corrected chi connectivity index (χ4v) is 1.09. The van der Waals surface area contributed by atoms with Crippen LogP contribution in [0.25, 0.3) is 0 Å². The van der Waals surface area contributed by atoms with E-state index in [2.05, 4.69) is 25.2 Å². The topological polar surface area (TPSA) is 59.3 Å². The van der Waals surface area contributed by atoms with Gasteiger partial charge in [0.25, 0.3) is 0 Å². The van der Waals surface area contributed by atoms with E-state index >= 15 is 0 Å². The third kappa shape index (κ3) is 39.6. The van der Waals surface area contributed by atoms with Gasteiger partial charge in [-0.1, -0.05) is 37.3 Å². The van der Waals surface area contributed by atoms with Crippen molar-refractivity contribution in [2.75, 3.05) is 0 Å². The zero-order valence-electron chi connectivity index (χ0n) is 13.3. The normalized spacial score (nSPS) is 11.3. The van der Waals surface area contributed by atoms with Crippen LogP contribution in [0, 0.1) is 62.9 Å². The molecule has 1 aliphatic carbocycles. The molecular weight excluding hydrogens is 421 g/mol. The molecule has 0 aliphatic heterocycles. The van der Waals surface area contributed by atoms with Crippen molar-refractivity contribution in [2.45, 2.75) is 6.92 Å². The average Bonchev–Trinajstić information content (AvgIpc) is 3.16. The van der Waals surface area contributed by atoms with Gasteiger partial charge in [-0.05, 0) is 56.9 Å². The predicted molar refractivity (Wildman–Crippen MR) is 85.2 cm³/mol. The fourth-order valence-electron chi connectivity index (χ4n) is 1.09. The summed E-state index contributed by atoms with van der Waals surface area (Å²) in [6.07, 6.45) is 16.1. The van der Waals surface area contributed by atoms with Crippen LogP contribution in [0.4, 0.5) is 17.3 Å². The molecule has 1 aromatic rings. The van der Waals surface area contributed by atoms with Crippen molar-refractivity contribution in [1.82, 2.24) is 5.59 Å². The number of halogens is 4. The Morgan fingerprint density at radius 2 is 1.24 bits per heavy atom. The van der Waals surface area contributed by atoms with Crippen LogP contribution in [0.1, 0.15) is 12.5 Å². The summed E-state index contributed by atoms with van der Waals surface area (Å²) < 4.78 is 46.5. The molecule has 2 rings (SSSR count). The molecule has 0 atom stereocenters. The molecule has 9 heteroatoms. The SMILES string of the molecule is C[CH][CH][CH]c1ccccc1.F[B-](F)(F)F.[C-]#[O+].[CH]1[CH][CH][CH][CH]1.[Mo+3].[N]=O.